The molecule has 532 valence electrons. The van der Waals surface area contributed by atoms with Crippen molar-refractivity contribution in [1.29, 1.82) is 0 Å². The molecule has 0 spiro atoms. The van der Waals surface area contributed by atoms with Crippen molar-refractivity contribution in [2.75, 3.05) is 14.7 Å². The van der Waals surface area contributed by atoms with E-state index in [-0.39, 0.29) is 17.5 Å². The van der Waals surface area contributed by atoms with Crippen LogP contribution in [0.5, 0.6) is 0 Å². The molecule has 0 bridgehead atoms. The van der Waals surface area contributed by atoms with Gasteiger partial charge in [0.25, 0.3) is 6.71 Å². The third kappa shape index (κ3) is 11.8. The van der Waals surface area contributed by atoms with Gasteiger partial charge >= 0.3 is 0 Å². The van der Waals surface area contributed by atoms with Crippen molar-refractivity contribution in [1.82, 2.24) is 0 Å². The molecule has 2 aliphatic rings. The molecule has 0 saturated heterocycles. The van der Waals surface area contributed by atoms with E-state index in [0.717, 1.165) is 124 Å². The molecule has 0 unspecified atom stereocenters. The number of para-hydroxylation sites is 2. The van der Waals surface area contributed by atoms with Crippen LogP contribution in [0.25, 0.3) is 121 Å². The minimum atomic E-state index is -0.285. The summed E-state index contributed by atoms with van der Waals surface area (Å²) in [5, 5.41) is 7.68. The van der Waals surface area contributed by atoms with Gasteiger partial charge in [0.1, 0.15) is 0 Å². The maximum atomic E-state index is 2.72. The Kier molecular flexibility index (Phi) is 16.5. The van der Waals surface area contributed by atoms with Crippen LogP contribution in [0.3, 0.4) is 0 Å². The van der Waals surface area contributed by atoms with Crippen LogP contribution in [-0.4, -0.2) is 6.71 Å². The van der Waals surface area contributed by atoms with Crippen LogP contribution in [0.4, 0.5) is 51.2 Å². The molecule has 2 aliphatic heterocycles. The van der Waals surface area contributed by atoms with Gasteiger partial charge in [-0.1, -0.05) is 369 Å². The van der Waals surface area contributed by atoms with Crippen LogP contribution in [0, 0.1) is 0 Å². The smallest absolute Gasteiger partial charge is 0.252 e. The van der Waals surface area contributed by atoms with Gasteiger partial charge in [0, 0.05) is 56.4 Å². The zero-order valence-corrected chi connectivity index (χ0v) is 63.9. The molecule has 20 rings (SSSR count). The highest BCUT2D eigenvalue weighted by molar-refractivity contribution is 7.00. The van der Waals surface area contributed by atoms with E-state index in [1.54, 1.807) is 0 Å². The SMILES string of the molecule is CC(C)(C)c1cc2ccc3cc(C(C)(C)C)cc4c(-c5ccc6c(c5)N(c5c(-c7ccccc7)cccc5-c5ccccc5)c5cc(N(c7ccc(-c8ccccc8)cc7)c7ccc(-c8ccccc8)cc7)cc7c5B6c5ccc(-c6ccccc6)cc5N7c5c(-c6ccccc6)cccc5-c5ccccc5)cc(c1)c2c34. The Morgan fingerprint density at radius 1 is 0.232 bits per heavy atom. The minimum Gasteiger partial charge on any atom is -0.310 e. The summed E-state index contributed by atoms with van der Waals surface area (Å²) in [5.41, 5.74) is 33.9. The van der Waals surface area contributed by atoms with E-state index in [4.69, 9.17) is 0 Å². The van der Waals surface area contributed by atoms with Crippen molar-refractivity contribution in [3.63, 3.8) is 0 Å². The normalized spacial score (nSPS) is 12.5. The van der Waals surface area contributed by atoms with Crippen molar-refractivity contribution in [3.05, 3.63) is 399 Å². The predicted molar refractivity (Wildman–Crippen MR) is 480 cm³/mol. The van der Waals surface area contributed by atoms with E-state index >= 15 is 0 Å². The average Bonchev–Trinajstić information content (AvgIpc) is 0.664. The number of benzene rings is 18. The lowest BCUT2D eigenvalue weighted by Gasteiger charge is -2.46. The first-order valence-corrected chi connectivity index (χ1v) is 39.3. The largest absolute Gasteiger partial charge is 0.310 e. The highest BCUT2D eigenvalue weighted by Gasteiger charge is 2.46. The molecule has 0 amide bonds. The van der Waals surface area contributed by atoms with Crippen molar-refractivity contribution in [3.8, 4) is 89.0 Å². The topological polar surface area (TPSA) is 9.72 Å². The van der Waals surface area contributed by atoms with Crippen LogP contribution in [0.15, 0.2) is 388 Å². The lowest BCUT2D eigenvalue weighted by atomic mass is 9.33. The molecule has 0 aliphatic carbocycles. The van der Waals surface area contributed by atoms with Crippen LogP contribution in [0.1, 0.15) is 52.7 Å². The standard InChI is InChI=1S/C108H82BN3/c1-107(2,3)85-62-82-48-49-83-63-86(108(4,5)6)68-95-94(65-84(64-85)102(82)103(83)95)81-55-61-97-99(67-81)112(106-92(78-40-24-12-25-41-78)46-29-47-93(106)79-42-26-13-27-43-79)101-70-89(110(87-56-50-74(51-57-87)71-30-14-7-15-31-71)88-58-52-75(53-59-88)72-32-16-8-17-33-72)69-100-104(101)109(97)96-60-54-80(73-34-18-9-19-35-73)66-98(96)111(100)105-90(76-36-20-10-21-37-76)44-28-45-91(105)77-38-22-11-23-39-77/h7-70H,1-6H3. The van der Waals surface area contributed by atoms with Crippen molar-refractivity contribution in [2.24, 2.45) is 0 Å². The van der Waals surface area contributed by atoms with Crippen LogP contribution in [-0.2, 0) is 10.8 Å². The highest BCUT2D eigenvalue weighted by atomic mass is 15.2. The van der Waals surface area contributed by atoms with Crippen LogP contribution < -0.4 is 31.1 Å². The third-order valence-electron chi connectivity index (χ3n) is 23.4. The maximum Gasteiger partial charge on any atom is 0.252 e. The molecule has 0 N–H and O–H groups in total. The molecule has 112 heavy (non-hydrogen) atoms. The summed E-state index contributed by atoms with van der Waals surface area (Å²) >= 11 is 0. The van der Waals surface area contributed by atoms with Crippen molar-refractivity contribution in [2.45, 2.75) is 52.4 Å². The second kappa shape index (κ2) is 27.2. The fourth-order valence-corrected chi connectivity index (χ4v) is 17.9. The van der Waals surface area contributed by atoms with Gasteiger partial charge in [-0.05, 0) is 198 Å². The first-order chi connectivity index (χ1) is 54.8. The third-order valence-corrected chi connectivity index (χ3v) is 23.4. The van der Waals surface area contributed by atoms with E-state index < -0.39 is 0 Å². The first kappa shape index (κ1) is 67.8. The number of rotatable bonds is 13. The number of anilines is 9. The predicted octanol–water partition coefficient (Wildman–Crippen LogP) is 28.1. The average molecular weight is 1430 g/mol. The second-order valence-corrected chi connectivity index (χ2v) is 32.4. The van der Waals surface area contributed by atoms with Crippen LogP contribution >= 0.6 is 0 Å². The van der Waals surface area contributed by atoms with Gasteiger partial charge in [0.2, 0.25) is 0 Å². The van der Waals surface area contributed by atoms with Gasteiger partial charge in [0.15, 0.2) is 0 Å². The summed E-state index contributed by atoms with van der Waals surface area (Å²) in [6, 6.07) is 146. The number of nitrogens with zero attached hydrogens (tertiary/aromatic N) is 3. The molecule has 18 aromatic rings. The van der Waals surface area contributed by atoms with Gasteiger partial charge < -0.3 is 14.7 Å². The lowest BCUT2D eigenvalue weighted by molar-refractivity contribution is 0.591. The summed E-state index contributed by atoms with van der Waals surface area (Å²) in [5.74, 6) is 0. The number of hydrogen-bond acceptors (Lipinski definition) is 3. The van der Waals surface area contributed by atoms with Crippen molar-refractivity contribution >= 4 is 107 Å². The molecule has 0 atom stereocenters. The Hall–Kier alpha value is -13.5. The summed E-state index contributed by atoms with van der Waals surface area (Å²) in [4.78, 5) is 7.92. The van der Waals surface area contributed by atoms with Crippen LogP contribution in [0.2, 0.25) is 0 Å². The zero-order valence-electron chi connectivity index (χ0n) is 63.9. The van der Waals surface area contributed by atoms with E-state index in [1.165, 1.54) is 76.5 Å². The Morgan fingerprint density at radius 2 is 0.562 bits per heavy atom. The Bertz CT molecular complexity index is 6390. The van der Waals surface area contributed by atoms with Gasteiger partial charge in [-0.3, -0.25) is 0 Å². The Labute approximate surface area is 657 Å². The molecule has 4 heteroatoms. The van der Waals surface area contributed by atoms with Gasteiger partial charge in [-0.25, -0.2) is 0 Å². The second-order valence-electron chi connectivity index (χ2n) is 32.4. The molecule has 2 heterocycles. The highest BCUT2D eigenvalue weighted by Crippen LogP contribution is 2.56. The Balaban J connectivity index is 0.964. The number of fused-ring (bicyclic) bond motifs is 4. The monoisotopic (exact) mass is 1430 g/mol. The van der Waals surface area contributed by atoms with E-state index in [1.807, 2.05) is 0 Å². The quantitative estimate of drug-likeness (QED) is 0.0841. The molecule has 18 aromatic carbocycles. The van der Waals surface area contributed by atoms with Gasteiger partial charge in [0.05, 0.1) is 17.1 Å². The molecule has 0 radical (unpaired) electrons. The molecule has 3 nitrogen and oxygen atoms in total. The summed E-state index contributed by atoms with van der Waals surface area (Å²) in [6.45, 7) is 13.8. The van der Waals surface area contributed by atoms with E-state index in [9.17, 15) is 0 Å². The molecular weight excluding hydrogens is 1350 g/mol. The fraction of sp³-hybridized carbons (Fsp3) is 0.0741. The zero-order chi connectivity index (χ0) is 75.3. The molecule has 0 fully saturated rings. The summed E-state index contributed by atoms with van der Waals surface area (Å²) in [7, 11) is 0. The van der Waals surface area contributed by atoms with Gasteiger partial charge in [-0.2, -0.15) is 0 Å². The first-order valence-electron chi connectivity index (χ1n) is 39.3. The Morgan fingerprint density at radius 3 is 0.964 bits per heavy atom. The van der Waals surface area contributed by atoms with Crippen molar-refractivity contribution < 1.29 is 0 Å². The maximum absolute atomic E-state index is 2.72. The molecular formula is C108H82BN3. The number of hydrogen-bond donors (Lipinski definition) is 0. The summed E-state index contributed by atoms with van der Waals surface area (Å²) in [6.07, 6.45) is 0. The molecule has 0 saturated carbocycles. The fourth-order valence-electron chi connectivity index (χ4n) is 17.9. The molecule has 0 aromatic heterocycles. The summed E-state index contributed by atoms with van der Waals surface area (Å²) < 4.78 is 0. The minimum absolute atomic E-state index is 0.0860. The van der Waals surface area contributed by atoms with Gasteiger partial charge in [-0.15, -0.1) is 0 Å². The lowest BCUT2D eigenvalue weighted by Crippen LogP contribution is -2.61. The van der Waals surface area contributed by atoms with E-state index in [2.05, 4.69) is 444 Å². The van der Waals surface area contributed by atoms with E-state index in [0.29, 0.717) is 0 Å².